The molecule has 0 aromatic carbocycles. The zero-order valence-electron chi connectivity index (χ0n) is 10.6. The van der Waals surface area contributed by atoms with Crippen LogP contribution in [0.3, 0.4) is 0 Å². The molecule has 0 spiro atoms. The summed E-state index contributed by atoms with van der Waals surface area (Å²) in [5.74, 6) is -0.135. The summed E-state index contributed by atoms with van der Waals surface area (Å²) in [5, 5.41) is 0. The molecular formula is C14H10BrN3O2. The molecule has 0 aliphatic heterocycles. The highest BCUT2D eigenvalue weighted by atomic mass is 79.9. The Labute approximate surface area is 123 Å². The molecule has 5 nitrogen and oxygen atoms in total. The summed E-state index contributed by atoms with van der Waals surface area (Å²) in [4.78, 5) is 20.2. The first-order valence-electron chi connectivity index (χ1n) is 5.90. The lowest BCUT2D eigenvalue weighted by atomic mass is 10.3. The predicted molar refractivity (Wildman–Crippen MR) is 76.8 cm³/mol. The Balaban J connectivity index is 1.88. The van der Waals surface area contributed by atoms with E-state index in [0.717, 1.165) is 10.0 Å². The van der Waals surface area contributed by atoms with E-state index < -0.39 is 5.97 Å². The van der Waals surface area contributed by atoms with Crippen molar-refractivity contribution in [3.05, 3.63) is 58.7 Å². The molecule has 0 saturated heterocycles. The minimum absolute atomic E-state index is 0.260. The molecule has 0 fully saturated rings. The van der Waals surface area contributed by atoms with Gasteiger partial charge in [0, 0.05) is 23.1 Å². The van der Waals surface area contributed by atoms with Gasteiger partial charge in [-0.1, -0.05) is 0 Å². The first kappa shape index (κ1) is 12.8. The molecule has 6 heteroatoms. The van der Waals surface area contributed by atoms with Crippen LogP contribution in [-0.2, 0) is 0 Å². The predicted octanol–water partition coefficient (Wildman–Crippen LogP) is 3.02. The Bertz CT molecular complexity index is 798. The van der Waals surface area contributed by atoms with E-state index in [1.807, 2.05) is 25.3 Å². The van der Waals surface area contributed by atoms with Crippen LogP contribution in [0.25, 0.3) is 5.65 Å². The van der Waals surface area contributed by atoms with Crippen LogP contribution in [0, 0.1) is 6.92 Å². The number of pyridine rings is 2. The molecule has 0 amide bonds. The van der Waals surface area contributed by atoms with Gasteiger partial charge in [0.25, 0.3) is 0 Å². The minimum atomic E-state index is -0.508. The standard InChI is InChI=1S/C14H10BrN3O2/c1-9-2-3-18-8-12(17-13(18)4-9)14(19)20-11-5-10(15)6-16-7-11/h2-8H,1H3. The summed E-state index contributed by atoms with van der Waals surface area (Å²) < 4.78 is 7.76. The Morgan fingerprint density at radius 1 is 1.35 bits per heavy atom. The Hall–Kier alpha value is -2.21. The van der Waals surface area contributed by atoms with Gasteiger partial charge in [-0.15, -0.1) is 0 Å². The number of aryl methyl sites for hydroxylation is 1. The van der Waals surface area contributed by atoms with Crippen molar-refractivity contribution in [1.29, 1.82) is 0 Å². The van der Waals surface area contributed by atoms with Crippen LogP contribution in [0.15, 0.2) is 47.5 Å². The molecule has 3 heterocycles. The van der Waals surface area contributed by atoms with Crippen molar-refractivity contribution in [3.8, 4) is 5.75 Å². The van der Waals surface area contributed by atoms with Crippen LogP contribution in [0.5, 0.6) is 5.75 Å². The van der Waals surface area contributed by atoms with Gasteiger partial charge in [-0.3, -0.25) is 4.98 Å². The second kappa shape index (κ2) is 5.05. The van der Waals surface area contributed by atoms with Gasteiger partial charge in [-0.05, 0) is 46.6 Å². The largest absolute Gasteiger partial charge is 0.420 e. The van der Waals surface area contributed by atoms with Crippen molar-refractivity contribution < 1.29 is 9.53 Å². The lowest BCUT2D eigenvalue weighted by Gasteiger charge is -2.01. The highest BCUT2D eigenvalue weighted by Crippen LogP contribution is 2.17. The maximum Gasteiger partial charge on any atom is 0.364 e. The van der Waals surface area contributed by atoms with Crippen LogP contribution in [0.2, 0.25) is 0 Å². The normalized spacial score (nSPS) is 10.7. The van der Waals surface area contributed by atoms with Crippen molar-refractivity contribution in [1.82, 2.24) is 14.4 Å². The van der Waals surface area contributed by atoms with Crippen LogP contribution in [-0.4, -0.2) is 20.3 Å². The van der Waals surface area contributed by atoms with E-state index >= 15 is 0 Å². The average Bonchev–Trinajstić information content (AvgIpc) is 2.81. The highest BCUT2D eigenvalue weighted by Gasteiger charge is 2.13. The molecule has 0 N–H and O–H groups in total. The number of carbonyl (C=O) groups is 1. The number of rotatable bonds is 2. The summed E-state index contributed by atoms with van der Waals surface area (Å²) in [6.45, 7) is 1.97. The fourth-order valence-electron chi connectivity index (χ4n) is 1.79. The molecule has 3 rings (SSSR count). The van der Waals surface area contributed by atoms with E-state index in [2.05, 4.69) is 25.9 Å². The number of halogens is 1. The number of ether oxygens (including phenoxy) is 1. The monoisotopic (exact) mass is 331 g/mol. The number of imidazole rings is 1. The third kappa shape index (κ3) is 2.55. The fraction of sp³-hybridized carbons (Fsp3) is 0.0714. The number of aromatic nitrogens is 3. The molecule has 0 radical (unpaired) electrons. The maximum absolute atomic E-state index is 12.0. The second-order valence-electron chi connectivity index (χ2n) is 4.32. The highest BCUT2D eigenvalue weighted by molar-refractivity contribution is 9.10. The summed E-state index contributed by atoms with van der Waals surface area (Å²) in [7, 11) is 0. The van der Waals surface area contributed by atoms with E-state index in [1.54, 1.807) is 22.9 Å². The molecule has 20 heavy (non-hydrogen) atoms. The zero-order valence-corrected chi connectivity index (χ0v) is 12.2. The van der Waals surface area contributed by atoms with Gasteiger partial charge in [-0.2, -0.15) is 0 Å². The van der Waals surface area contributed by atoms with Crippen molar-refractivity contribution in [2.75, 3.05) is 0 Å². The number of hydrogen-bond donors (Lipinski definition) is 0. The van der Waals surface area contributed by atoms with Gasteiger partial charge < -0.3 is 9.14 Å². The van der Waals surface area contributed by atoms with Gasteiger partial charge in [0.15, 0.2) is 11.4 Å². The molecule has 3 aromatic rings. The molecule has 100 valence electrons. The van der Waals surface area contributed by atoms with Crippen molar-refractivity contribution in [2.24, 2.45) is 0 Å². The third-order valence-electron chi connectivity index (χ3n) is 2.72. The van der Waals surface area contributed by atoms with Crippen molar-refractivity contribution in [2.45, 2.75) is 6.92 Å². The maximum atomic E-state index is 12.0. The first-order chi connectivity index (χ1) is 9.61. The SMILES string of the molecule is Cc1ccn2cc(C(=O)Oc3cncc(Br)c3)nc2c1. The van der Waals surface area contributed by atoms with Gasteiger partial charge in [0.05, 0.1) is 6.20 Å². The van der Waals surface area contributed by atoms with E-state index in [-0.39, 0.29) is 5.69 Å². The summed E-state index contributed by atoms with van der Waals surface area (Å²) in [6.07, 6.45) is 6.59. The molecule has 0 aliphatic rings. The van der Waals surface area contributed by atoms with Crippen LogP contribution >= 0.6 is 15.9 Å². The molecule has 0 unspecified atom stereocenters. The summed E-state index contributed by atoms with van der Waals surface area (Å²) in [5.41, 5.74) is 2.05. The van der Waals surface area contributed by atoms with Crippen molar-refractivity contribution >= 4 is 27.5 Å². The lowest BCUT2D eigenvalue weighted by Crippen LogP contribution is -2.08. The van der Waals surface area contributed by atoms with Crippen LogP contribution in [0.4, 0.5) is 0 Å². The van der Waals surface area contributed by atoms with E-state index in [9.17, 15) is 4.79 Å². The molecule has 0 saturated carbocycles. The van der Waals surface area contributed by atoms with Crippen LogP contribution < -0.4 is 4.74 Å². The van der Waals surface area contributed by atoms with Crippen LogP contribution in [0.1, 0.15) is 16.1 Å². The van der Waals surface area contributed by atoms with Gasteiger partial charge in [0.1, 0.15) is 5.65 Å². The number of hydrogen-bond acceptors (Lipinski definition) is 4. The van der Waals surface area contributed by atoms with E-state index in [4.69, 9.17) is 4.74 Å². The summed E-state index contributed by atoms with van der Waals surface area (Å²) in [6, 6.07) is 5.52. The Kier molecular flexibility index (Phi) is 3.23. The Morgan fingerprint density at radius 3 is 3.00 bits per heavy atom. The zero-order chi connectivity index (χ0) is 14.1. The van der Waals surface area contributed by atoms with E-state index in [0.29, 0.717) is 11.4 Å². The minimum Gasteiger partial charge on any atom is -0.420 e. The molecule has 3 aromatic heterocycles. The third-order valence-corrected chi connectivity index (χ3v) is 3.15. The van der Waals surface area contributed by atoms with Gasteiger partial charge >= 0.3 is 5.97 Å². The molecular weight excluding hydrogens is 322 g/mol. The quantitative estimate of drug-likeness (QED) is 0.677. The topological polar surface area (TPSA) is 56.5 Å². The molecule has 0 aliphatic carbocycles. The Morgan fingerprint density at radius 2 is 2.20 bits per heavy atom. The number of carbonyl (C=O) groups excluding carboxylic acids is 1. The fourth-order valence-corrected chi connectivity index (χ4v) is 2.13. The summed E-state index contributed by atoms with van der Waals surface area (Å²) >= 11 is 3.27. The molecule has 0 atom stereocenters. The second-order valence-corrected chi connectivity index (χ2v) is 5.24. The van der Waals surface area contributed by atoms with Gasteiger partial charge in [0.2, 0.25) is 0 Å². The van der Waals surface area contributed by atoms with Crippen molar-refractivity contribution in [3.63, 3.8) is 0 Å². The average molecular weight is 332 g/mol. The number of nitrogens with zero attached hydrogens (tertiary/aromatic N) is 3. The van der Waals surface area contributed by atoms with E-state index in [1.165, 1.54) is 6.20 Å². The molecule has 0 bridgehead atoms. The lowest BCUT2D eigenvalue weighted by molar-refractivity contribution is 0.0728. The first-order valence-corrected chi connectivity index (χ1v) is 6.69. The number of fused-ring (bicyclic) bond motifs is 1. The van der Waals surface area contributed by atoms with Gasteiger partial charge in [-0.25, -0.2) is 9.78 Å². The number of esters is 1. The smallest absolute Gasteiger partial charge is 0.364 e.